The predicted molar refractivity (Wildman–Crippen MR) is 61.4 cm³/mol. The molecule has 92 valence electrons. The van der Waals surface area contributed by atoms with Gasteiger partial charge in [-0.1, -0.05) is 31.4 Å². The van der Waals surface area contributed by atoms with Crippen LogP contribution in [0.3, 0.4) is 0 Å². The van der Waals surface area contributed by atoms with Crippen LogP contribution in [0.15, 0.2) is 0 Å². The van der Waals surface area contributed by atoms with Crippen LogP contribution in [0, 0.1) is 11.8 Å². The van der Waals surface area contributed by atoms with Crippen LogP contribution in [0.5, 0.6) is 0 Å². The Morgan fingerprint density at radius 2 is 2.19 bits per heavy atom. The summed E-state index contributed by atoms with van der Waals surface area (Å²) in [5.41, 5.74) is 0.169. The monoisotopic (exact) mass is 225 g/mol. The minimum atomic E-state index is 0.169. The largest absolute Gasteiger partial charge is 0.273 e. The van der Waals surface area contributed by atoms with Crippen molar-refractivity contribution in [3.05, 3.63) is 0 Å². The van der Waals surface area contributed by atoms with E-state index in [1.165, 1.54) is 38.5 Å². The zero-order valence-corrected chi connectivity index (χ0v) is 10.4. The molecule has 0 spiro atoms. The molecule has 0 amide bonds. The van der Waals surface area contributed by atoms with Gasteiger partial charge in [-0.05, 0) is 32.1 Å². The van der Waals surface area contributed by atoms with Crippen LogP contribution in [0.4, 0.5) is 0 Å². The number of nitrogens with zero attached hydrogens (tertiary/aromatic N) is 1. The third-order valence-corrected chi connectivity index (χ3v) is 4.94. The average molecular weight is 225 g/mol. The summed E-state index contributed by atoms with van der Waals surface area (Å²) in [6, 6.07) is 0. The average Bonchev–Trinajstić information content (AvgIpc) is 2.49. The number of rotatable bonds is 4. The van der Waals surface area contributed by atoms with Crippen molar-refractivity contribution in [1.82, 2.24) is 5.23 Å². The molecule has 3 heteroatoms. The van der Waals surface area contributed by atoms with Gasteiger partial charge in [-0.25, -0.2) is 0 Å². The zero-order chi connectivity index (χ0) is 11.2. The molecule has 1 saturated carbocycles. The van der Waals surface area contributed by atoms with E-state index in [9.17, 15) is 0 Å². The normalized spacial score (nSPS) is 49.9. The highest BCUT2D eigenvalue weighted by Gasteiger charge is 2.61. The van der Waals surface area contributed by atoms with Crippen molar-refractivity contribution in [1.29, 1.82) is 0 Å². The molecule has 16 heavy (non-hydrogen) atoms. The second-order valence-electron chi connectivity index (χ2n) is 5.87. The zero-order valence-electron chi connectivity index (χ0n) is 10.4. The van der Waals surface area contributed by atoms with Crippen molar-refractivity contribution in [3.8, 4) is 0 Å². The Kier molecular flexibility index (Phi) is 2.73. The first-order valence-electron chi connectivity index (χ1n) is 6.85. The molecule has 5 atom stereocenters. The Hall–Kier alpha value is -0.120. The van der Waals surface area contributed by atoms with Crippen LogP contribution < -0.4 is 0 Å². The van der Waals surface area contributed by atoms with Gasteiger partial charge in [0.05, 0.1) is 18.2 Å². The van der Waals surface area contributed by atoms with Crippen molar-refractivity contribution in [3.63, 3.8) is 0 Å². The third-order valence-electron chi connectivity index (χ3n) is 4.94. The van der Waals surface area contributed by atoms with E-state index in [4.69, 9.17) is 9.68 Å². The van der Waals surface area contributed by atoms with E-state index in [-0.39, 0.29) is 5.54 Å². The van der Waals surface area contributed by atoms with Crippen LogP contribution in [-0.2, 0) is 9.68 Å². The number of hydroxylamine groups is 2. The molecule has 1 aliphatic carbocycles. The molecule has 4 fully saturated rings. The molecule has 1 unspecified atom stereocenters. The van der Waals surface area contributed by atoms with E-state index in [0.717, 1.165) is 12.5 Å². The number of unbranched alkanes of at least 4 members (excludes halogenated alkanes) is 2. The maximum atomic E-state index is 5.83. The Balaban J connectivity index is 1.71. The number of hydrogen-bond acceptors (Lipinski definition) is 3. The Bertz CT molecular complexity index is 255. The van der Waals surface area contributed by atoms with Gasteiger partial charge in [0.15, 0.2) is 0 Å². The molecular weight excluding hydrogens is 202 g/mol. The lowest BCUT2D eigenvalue weighted by Crippen LogP contribution is -2.61. The summed E-state index contributed by atoms with van der Waals surface area (Å²) in [5, 5.41) is 1.85. The summed E-state index contributed by atoms with van der Waals surface area (Å²) in [5.74, 6) is 1.48. The minimum Gasteiger partial charge on any atom is -0.273 e. The predicted octanol–water partition coefficient (Wildman–Crippen LogP) is 2.91. The van der Waals surface area contributed by atoms with Crippen LogP contribution in [-0.4, -0.2) is 23.5 Å². The Morgan fingerprint density at radius 3 is 2.94 bits per heavy atom. The van der Waals surface area contributed by atoms with Gasteiger partial charge in [-0.3, -0.25) is 9.68 Å². The third kappa shape index (κ3) is 1.45. The minimum absolute atomic E-state index is 0.169. The highest BCUT2D eigenvalue weighted by atomic mass is 17.0. The van der Waals surface area contributed by atoms with Crippen molar-refractivity contribution in [2.45, 2.75) is 64.0 Å². The first-order chi connectivity index (χ1) is 7.75. The molecule has 4 aliphatic rings. The van der Waals surface area contributed by atoms with E-state index in [0.29, 0.717) is 12.0 Å². The fourth-order valence-corrected chi connectivity index (χ4v) is 3.79. The molecule has 3 saturated heterocycles. The van der Waals surface area contributed by atoms with Gasteiger partial charge in [0.2, 0.25) is 0 Å². The smallest absolute Gasteiger partial charge is 0.0827 e. The summed E-state index contributed by atoms with van der Waals surface area (Å²) < 4.78 is 0. The second-order valence-corrected chi connectivity index (χ2v) is 5.87. The molecule has 0 aromatic heterocycles. The van der Waals surface area contributed by atoms with Crippen molar-refractivity contribution in [2.24, 2.45) is 11.8 Å². The SMILES string of the molecule is CCCCC[C@H]1C[C@@H]2C[C@H]3CON(O2)[C@]31C. The highest BCUT2D eigenvalue weighted by Crippen LogP contribution is 2.54. The van der Waals surface area contributed by atoms with Crippen LogP contribution in [0.1, 0.15) is 52.4 Å². The van der Waals surface area contributed by atoms with Gasteiger partial charge in [0, 0.05) is 5.92 Å². The summed E-state index contributed by atoms with van der Waals surface area (Å²) in [4.78, 5) is 11.5. The molecule has 4 bridgehead atoms. The van der Waals surface area contributed by atoms with E-state index >= 15 is 0 Å². The molecule has 3 aliphatic heterocycles. The first-order valence-corrected chi connectivity index (χ1v) is 6.85. The summed E-state index contributed by atoms with van der Waals surface area (Å²) in [6.45, 7) is 5.49. The summed E-state index contributed by atoms with van der Waals surface area (Å²) in [6.07, 6.45) is 8.27. The van der Waals surface area contributed by atoms with Crippen LogP contribution in [0.2, 0.25) is 0 Å². The van der Waals surface area contributed by atoms with Crippen LogP contribution in [0.25, 0.3) is 0 Å². The fraction of sp³-hybridized carbons (Fsp3) is 1.00. The van der Waals surface area contributed by atoms with E-state index in [1.807, 2.05) is 5.23 Å². The van der Waals surface area contributed by atoms with Crippen molar-refractivity contribution < 1.29 is 9.68 Å². The van der Waals surface area contributed by atoms with Gasteiger partial charge in [-0.15, -0.1) is 0 Å². The summed E-state index contributed by atoms with van der Waals surface area (Å²) >= 11 is 0. The van der Waals surface area contributed by atoms with Gasteiger partial charge < -0.3 is 0 Å². The maximum absolute atomic E-state index is 5.83. The Morgan fingerprint density at radius 1 is 1.31 bits per heavy atom. The fourth-order valence-electron chi connectivity index (χ4n) is 3.79. The van der Waals surface area contributed by atoms with Gasteiger partial charge in [-0.2, -0.15) is 0 Å². The van der Waals surface area contributed by atoms with E-state index in [2.05, 4.69) is 13.8 Å². The maximum Gasteiger partial charge on any atom is 0.0827 e. The molecule has 3 nitrogen and oxygen atoms in total. The molecule has 0 radical (unpaired) electrons. The number of fused-ring (bicyclic) bond motifs is 1. The molecule has 4 rings (SSSR count). The first kappa shape index (κ1) is 11.0. The lowest BCUT2D eigenvalue weighted by atomic mass is 9.64. The van der Waals surface area contributed by atoms with Crippen LogP contribution >= 0.6 is 0 Å². The van der Waals surface area contributed by atoms with Crippen molar-refractivity contribution >= 4 is 0 Å². The molecule has 0 aromatic carbocycles. The van der Waals surface area contributed by atoms with E-state index < -0.39 is 0 Å². The lowest BCUT2D eigenvalue weighted by molar-refractivity contribution is -0.435. The second kappa shape index (κ2) is 3.97. The van der Waals surface area contributed by atoms with Gasteiger partial charge >= 0.3 is 0 Å². The lowest BCUT2D eigenvalue weighted by Gasteiger charge is -2.53. The highest BCUT2D eigenvalue weighted by molar-refractivity contribution is 5.04. The quantitative estimate of drug-likeness (QED) is 0.687. The van der Waals surface area contributed by atoms with Gasteiger partial charge in [0.1, 0.15) is 0 Å². The topological polar surface area (TPSA) is 21.7 Å². The standard InChI is InChI=1S/C13H23NO2/c1-3-4-5-6-10-7-12-8-11-9-15-14(16-12)13(10,11)2/h10-12H,3-9H2,1-2H3/t10-,11-,12+,13-/m0/s1. The number of hydrogen-bond donors (Lipinski definition) is 0. The molecular formula is C13H23NO2. The van der Waals surface area contributed by atoms with Gasteiger partial charge in [0.25, 0.3) is 0 Å². The Labute approximate surface area is 98.0 Å². The van der Waals surface area contributed by atoms with E-state index in [1.54, 1.807) is 0 Å². The molecule has 3 heterocycles. The van der Waals surface area contributed by atoms with Crippen molar-refractivity contribution in [2.75, 3.05) is 6.61 Å². The molecule has 0 N–H and O–H groups in total. The molecule has 0 aromatic rings. The summed E-state index contributed by atoms with van der Waals surface area (Å²) in [7, 11) is 0.